The van der Waals surface area contributed by atoms with E-state index in [2.05, 4.69) is 10.3 Å². The first kappa shape index (κ1) is 18.9. The Kier molecular flexibility index (Phi) is 5.72. The highest BCUT2D eigenvalue weighted by molar-refractivity contribution is 6.30. The number of carbonyl (C=O) groups excluding carboxylic acids is 2. The third kappa shape index (κ3) is 4.83. The first-order valence-electron chi connectivity index (χ1n) is 8.48. The quantitative estimate of drug-likeness (QED) is 0.535. The number of fused-ring (bicyclic) bond motifs is 1. The van der Waals surface area contributed by atoms with Gasteiger partial charge in [0.2, 0.25) is 0 Å². The molecule has 0 atom stereocenters. The second kappa shape index (κ2) is 8.18. The van der Waals surface area contributed by atoms with Crippen molar-refractivity contribution >= 4 is 34.4 Å². The third-order valence-corrected chi connectivity index (χ3v) is 4.39. The van der Waals surface area contributed by atoms with Crippen LogP contribution in [0, 0.1) is 13.8 Å². The molecule has 5 nitrogen and oxygen atoms in total. The molecule has 0 aliphatic rings. The Bertz CT molecular complexity index is 1020. The van der Waals surface area contributed by atoms with Crippen molar-refractivity contribution < 1.29 is 14.3 Å². The van der Waals surface area contributed by atoms with E-state index in [1.807, 2.05) is 44.2 Å². The van der Waals surface area contributed by atoms with Crippen molar-refractivity contribution in [2.45, 2.75) is 20.5 Å². The standard InChI is InChI=1S/C21H19ClN2O3/c1-13-4-3-5-16(8-13)21(26)23-11-19(25)27-12-17-10-15-7-6-14(2)9-18(15)24-20(17)22/h3-10H,11-12H2,1-2H3,(H,23,26). The second-order valence-corrected chi connectivity index (χ2v) is 6.71. The van der Waals surface area contributed by atoms with Gasteiger partial charge in [-0.15, -0.1) is 0 Å². The monoisotopic (exact) mass is 382 g/mol. The Morgan fingerprint density at radius 2 is 1.85 bits per heavy atom. The first-order valence-corrected chi connectivity index (χ1v) is 8.86. The van der Waals surface area contributed by atoms with Crippen LogP contribution in [0.1, 0.15) is 27.0 Å². The summed E-state index contributed by atoms with van der Waals surface area (Å²) in [6.07, 6.45) is 0. The van der Waals surface area contributed by atoms with E-state index in [1.165, 1.54) is 0 Å². The van der Waals surface area contributed by atoms with Crippen LogP contribution in [0.15, 0.2) is 48.5 Å². The van der Waals surface area contributed by atoms with Gasteiger partial charge < -0.3 is 10.1 Å². The van der Waals surface area contributed by atoms with Crippen LogP contribution in [-0.2, 0) is 16.1 Å². The van der Waals surface area contributed by atoms with Gasteiger partial charge in [0.1, 0.15) is 18.3 Å². The minimum absolute atomic E-state index is 0.00516. The van der Waals surface area contributed by atoms with Crippen molar-refractivity contribution in [3.05, 3.63) is 75.9 Å². The lowest BCUT2D eigenvalue weighted by atomic mass is 10.1. The molecule has 0 unspecified atom stereocenters. The van der Waals surface area contributed by atoms with E-state index < -0.39 is 5.97 Å². The first-order chi connectivity index (χ1) is 12.9. The van der Waals surface area contributed by atoms with Crippen molar-refractivity contribution in [1.29, 1.82) is 0 Å². The second-order valence-electron chi connectivity index (χ2n) is 6.35. The van der Waals surface area contributed by atoms with Crippen LogP contribution in [0.25, 0.3) is 10.9 Å². The highest BCUT2D eigenvalue weighted by Crippen LogP contribution is 2.22. The Morgan fingerprint density at radius 1 is 1.07 bits per heavy atom. The maximum Gasteiger partial charge on any atom is 0.325 e. The maximum absolute atomic E-state index is 12.1. The number of ether oxygens (including phenoxy) is 1. The summed E-state index contributed by atoms with van der Waals surface area (Å²) in [5.74, 6) is -0.868. The zero-order valence-electron chi connectivity index (χ0n) is 15.1. The van der Waals surface area contributed by atoms with Gasteiger partial charge in [-0.2, -0.15) is 0 Å². The van der Waals surface area contributed by atoms with Crippen LogP contribution in [0.3, 0.4) is 0 Å². The zero-order valence-corrected chi connectivity index (χ0v) is 15.8. The number of nitrogens with one attached hydrogen (secondary N) is 1. The molecule has 138 valence electrons. The molecule has 1 amide bonds. The van der Waals surface area contributed by atoms with E-state index in [0.29, 0.717) is 16.3 Å². The summed E-state index contributed by atoms with van der Waals surface area (Å²) in [5, 5.41) is 3.77. The van der Waals surface area contributed by atoms with Crippen LogP contribution in [-0.4, -0.2) is 23.4 Å². The van der Waals surface area contributed by atoms with E-state index >= 15 is 0 Å². The molecular weight excluding hydrogens is 364 g/mol. The predicted octanol–water partition coefficient (Wildman–Crippen LogP) is 3.98. The van der Waals surface area contributed by atoms with Crippen LogP contribution in [0.4, 0.5) is 0 Å². The highest BCUT2D eigenvalue weighted by Gasteiger charge is 2.11. The summed E-state index contributed by atoms with van der Waals surface area (Å²) in [4.78, 5) is 28.3. The molecule has 27 heavy (non-hydrogen) atoms. The number of aromatic nitrogens is 1. The summed E-state index contributed by atoms with van der Waals surface area (Å²) in [7, 11) is 0. The fourth-order valence-electron chi connectivity index (χ4n) is 2.65. The Labute approximate surface area is 162 Å². The molecule has 0 spiro atoms. The molecule has 0 radical (unpaired) electrons. The molecule has 1 N–H and O–H groups in total. The lowest BCUT2D eigenvalue weighted by Crippen LogP contribution is -2.30. The molecule has 0 fully saturated rings. The number of carbonyl (C=O) groups is 2. The summed E-state index contributed by atoms with van der Waals surface area (Å²) in [6.45, 7) is 3.66. The van der Waals surface area contributed by atoms with Gasteiger partial charge in [0.25, 0.3) is 5.91 Å². The smallest absolute Gasteiger partial charge is 0.325 e. The number of hydrogen-bond acceptors (Lipinski definition) is 4. The average molecular weight is 383 g/mol. The van der Waals surface area contributed by atoms with Gasteiger partial charge in [-0.25, -0.2) is 4.98 Å². The third-order valence-electron chi connectivity index (χ3n) is 4.06. The number of nitrogens with zero attached hydrogens (tertiary/aromatic N) is 1. The van der Waals surface area contributed by atoms with Crippen molar-refractivity contribution in [3.8, 4) is 0 Å². The minimum atomic E-state index is -0.545. The van der Waals surface area contributed by atoms with Crippen LogP contribution < -0.4 is 5.32 Å². The highest BCUT2D eigenvalue weighted by atomic mass is 35.5. The molecule has 0 saturated heterocycles. The lowest BCUT2D eigenvalue weighted by Gasteiger charge is -2.09. The molecule has 3 aromatic rings. The number of halogens is 1. The molecule has 3 rings (SSSR count). The number of aryl methyl sites for hydroxylation is 2. The summed E-state index contributed by atoms with van der Waals surface area (Å²) in [5.41, 5.74) is 3.97. The van der Waals surface area contributed by atoms with E-state index in [9.17, 15) is 9.59 Å². The number of amides is 1. The van der Waals surface area contributed by atoms with Crippen LogP contribution >= 0.6 is 11.6 Å². The van der Waals surface area contributed by atoms with Gasteiger partial charge >= 0.3 is 5.97 Å². The largest absolute Gasteiger partial charge is 0.459 e. The molecular formula is C21H19ClN2O3. The van der Waals surface area contributed by atoms with E-state index in [0.717, 1.165) is 22.0 Å². The van der Waals surface area contributed by atoms with Crippen LogP contribution in [0.5, 0.6) is 0 Å². The fourth-order valence-corrected chi connectivity index (χ4v) is 2.85. The number of hydrogen-bond donors (Lipinski definition) is 1. The number of benzene rings is 2. The molecule has 1 heterocycles. The summed E-state index contributed by atoms with van der Waals surface area (Å²) < 4.78 is 5.21. The number of pyridine rings is 1. The van der Waals surface area contributed by atoms with Crippen molar-refractivity contribution in [3.63, 3.8) is 0 Å². The topological polar surface area (TPSA) is 68.3 Å². The molecule has 0 aliphatic carbocycles. The normalized spacial score (nSPS) is 10.6. The van der Waals surface area contributed by atoms with Crippen molar-refractivity contribution in [2.24, 2.45) is 0 Å². The van der Waals surface area contributed by atoms with Gasteiger partial charge in [-0.3, -0.25) is 9.59 Å². The molecule has 0 saturated carbocycles. The van der Waals surface area contributed by atoms with Crippen LogP contribution in [0.2, 0.25) is 5.15 Å². The predicted molar refractivity (Wildman–Crippen MR) is 105 cm³/mol. The molecule has 0 aliphatic heterocycles. The lowest BCUT2D eigenvalue weighted by molar-refractivity contribution is -0.143. The van der Waals surface area contributed by atoms with E-state index in [-0.39, 0.29) is 19.1 Å². The average Bonchev–Trinajstić information content (AvgIpc) is 2.64. The molecule has 2 aromatic carbocycles. The van der Waals surface area contributed by atoms with Gasteiger partial charge in [-0.05, 0) is 43.7 Å². The summed E-state index contributed by atoms with van der Waals surface area (Å²) >= 11 is 6.19. The van der Waals surface area contributed by atoms with Gasteiger partial charge in [-0.1, -0.05) is 41.4 Å². The van der Waals surface area contributed by atoms with Crippen molar-refractivity contribution in [2.75, 3.05) is 6.54 Å². The molecule has 0 bridgehead atoms. The SMILES string of the molecule is Cc1cccc(C(=O)NCC(=O)OCc2cc3ccc(C)cc3nc2Cl)c1. The number of rotatable bonds is 5. The Balaban J connectivity index is 1.57. The van der Waals surface area contributed by atoms with E-state index in [1.54, 1.807) is 18.2 Å². The van der Waals surface area contributed by atoms with E-state index in [4.69, 9.17) is 16.3 Å². The van der Waals surface area contributed by atoms with Gasteiger partial charge in [0.15, 0.2) is 0 Å². The minimum Gasteiger partial charge on any atom is -0.459 e. The number of esters is 1. The summed E-state index contributed by atoms with van der Waals surface area (Å²) in [6, 6.07) is 14.8. The Hall–Kier alpha value is -2.92. The molecule has 1 aromatic heterocycles. The zero-order chi connectivity index (χ0) is 19.4. The Morgan fingerprint density at radius 3 is 2.63 bits per heavy atom. The van der Waals surface area contributed by atoms with Crippen molar-refractivity contribution in [1.82, 2.24) is 10.3 Å². The molecule has 6 heteroatoms. The van der Waals surface area contributed by atoms with Gasteiger partial charge in [0, 0.05) is 16.5 Å². The van der Waals surface area contributed by atoms with Gasteiger partial charge in [0.05, 0.1) is 5.52 Å². The fraction of sp³-hybridized carbons (Fsp3) is 0.190. The maximum atomic E-state index is 12.1.